The van der Waals surface area contributed by atoms with Crippen molar-refractivity contribution < 1.29 is 18.6 Å². The van der Waals surface area contributed by atoms with Crippen molar-refractivity contribution in [2.24, 2.45) is 0 Å². The molecule has 1 atom stereocenters. The van der Waals surface area contributed by atoms with E-state index in [0.29, 0.717) is 11.4 Å². The van der Waals surface area contributed by atoms with Crippen LogP contribution in [0.3, 0.4) is 0 Å². The highest BCUT2D eigenvalue weighted by Crippen LogP contribution is 2.20. The maximum Gasteiger partial charge on any atom is 0.229 e. The summed E-state index contributed by atoms with van der Waals surface area (Å²) in [5, 5.41) is 20.9. The van der Waals surface area contributed by atoms with Crippen LogP contribution in [-0.2, 0) is 10.0 Å². The zero-order valence-corrected chi connectivity index (χ0v) is 11.2. The Labute approximate surface area is 107 Å². The van der Waals surface area contributed by atoms with Gasteiger partial charge in [-0.25, -0.2) is 8.42 Å². The Morgan fingerprint density at radius 3 is 2.61 bits per heavy atom. The first kappa shape index (κ1) is 14.7. The third-order valence-corrected chi connectivity index (χ3v) is 2.89. The molecule has 1 unspecified atom stereocenters. The Hall–Kier alpha value is -1.31. The van der Waals surface area contributed by atoms with E-state index >= 15 is 0 Å². The van der Waals surface area contributed by atoms with E-state index in [2.05, 4.69) is 10.0 Å². The molecule has 0 radical (unpaired) electrons. The number of aryl methyl sites for hydroxylation is 1. The average Bonchev–Trinajstić information content (AvgIpc) is 2.27. The van der Waals surface area contributed by atoms with E-state index in [4.69, 9.17) is 5.11 Å². The number of sulfonamides is 1. The first-order valence-electron chi connectivity index (χ1n) is 5.43. The zero-order chi connectivity index (χ0) is 13.8. The minimum Gasteiger partial charge on any atom is -0.394 e. The van der Waals surface area contributed by atoms with E-state index in [0.717, 1.165) is 11.8 Å². The van der Waals surface area contributed by atoms with Gasteiger partial charge in [0.15, 0.2) is 0 Å². The molecule has 7 heteroatoms. The molecule has 0 amide bonds. The van der Waals surface area contributed by atoms with Crippen LogP contribution >= 0.6 is 0 Å². The topological polar surface area (TPSA) is 98.7 Å². The molecule has 1 aromatic carbocycles. The van der Waals surface area contributed by atoms with Crippen molar-refractivity contribution in [2.75, 3.05) is 29.4 Å². The predicted octanol–water partition coefficient (Wildman–Crippen LogP) is 0.132. The fourth-order valence-corrected chi connectivity index (χ4v) is 1.94. The van der Waals surface area contributed by atoms with Gasteiger partial charge in [-0.1, -0.05) is 6.07 Å². The standard InChI is InChI=1S/C11H18N2O4S/c1-8-3-4-9(13-18(2,16)17)5-11(8)12-6-10(15)7-14/h3-5,10,12-15H,6-7H2,1-2H3. The first-order chi connectivity index (χ1) is 8.31. The van der Waals surface area contributed by atoms with Gasteiger partial charge in [0, 0.05) is 12.2 Å². The Morgan fingerprint density at radius 2 is 2.06 bits per heavy atom. The molecule has 0 heterocycles. The average molecular weight is 274 g/mol. The maximum atomic E-state index is 11.1. The minimum atomic E-state index is -3.31. The first-order valence-corrected chi connectivity index (χ1v) is 7.32. The predicted molar refractivity (Wildman–Crippen MR) is 71.2 cm³/mol. The van der Waals surface area contributed by atoms with Crippen molar-refractivity contribution in [3.63, 3.8) is 0 Å². The summed E-state index contributed by atoms with van der Waals surface area (Å²) in [5.74, 6) is 0. The monoisotopic (exact) mass is 274 g/mol. The highest BCUT2D eigenvalue weighted by molar-refractivity contribution is 7.92. The molecule has 18 heavy (non-hydrogen) atoms. The Bertz CT molecular complexity index is 502. The third kappa shape index (κ3) is 4.91. The lowest BCUT2D eigenvalue weighted by Gasteiger charge is -2.14. The molecule has 6 nitrogen and oxygen atoms in total. The Kier molecular flexibility index (Phi) is 4.94. The fraction of sp³-hybridized carbons (Fsp3) is 0.455. The van der Waals surface area contributed by atoms with Gasteiger partial charge in [-0.05, 0) is 24.6 Å². The molecule has 0 aliphatic rings. The summed E-state index contributed by atoms with van der Waals surface area (Å²) in [5.41, 5.74) is 2.07. The van der Waals surface area contributed by atoms with E-state index in [9.17, 15) is 13.5 Å². The molecule has 0 saturated heterocycles. The molecule has 102 valence electrons. The van der Waals surface area contributed by atoms with Gasteiger partial charge < -0.3 is 15.5 Å². The maximum absolute atomic E-state index is 11.1. The number of benzene rings is 1. The van der Waals surface area contributed by atoms with Crippen molar-refractivity contribution in [1.29, 1.82) is 0 Å². The fourth-order valence-electron chi connectivity index (χ4n) is 1.38. The van der Waals surface area contributed by atoms with Crippen molar-refractivity contribution in [1.82, 2.24) is 0 Å². The van der Waals surface area contributed by atoms with E-state index in [-0.39, 0.29) is 13.2 Å². The van der Waals surface area contributed by atoms with Crippen LogP contribution in [0.4, 0.5) is 11.4 Å². The van der Waals surface area contributed by atoms with Crippen LogP contribution in [0.15, 0.2) is 18.2 Å². The van der Waals surface area contributed by atoms with Gasteiger partial charge in [-0.15, -0.1) is 0 Å². The largest absolute Gasteiger partial charge is 0.394 e. The summed E-state index contributed by atoms with van der Waals surface area (Å²) < 4.78 is 24.6. The number of hydrogen-bond acceptors (Lipinski definition) is 5. The molecule has 0 aliphatic carbocycles. The number of hydrogen-bond donors (Lipinski definition) is 4. The molecule has 0 spiro atoms. The van der Waals surface area contributed by atoms with Crippen LogP contribution in [0.2, 0.25) is 0 Å². The summed E-state index contributed by atoms with van der Waals surface area (Å²) in [6.07, 6.45) is 0.228. The summed E-state index contributed by atoms with van der Waals surface area (Å²) in [7, 11) is -3.31. The van der Waals surface area contributed by atoms with Crippen molar-refractivity contribution >= 4 is 21.4 Å². The molecular weight excluding hydrogens is 256 g/mol. The van der Waals surface area contributed by atoms with Crippen molar-refractivity contribution in [3.8, 4) is 0 Å². The van der Waals surface area contributed by atoms with Crippen molar-refractivity contribution in [2.45, 2.75) is 13.0 Å². The SMILES string of the molecule is Cc1ccc(NS(C)(=O)=O)cc1NCC(O)CO. The second-order valence-electron chi connectivity index (χ2n) is 4.12. The van der Waals surface area contributed by atoms with E-state index in [1.165, 1.54) is 0 Å². The summed E-state index contributed by atoms with van der Waals surface area (Å²) in [4.78, 5) is 0. The van der Waals surface area contributed by atoms with Gasteiger partial charge in [0.1, 0.15) is 0 Å². The lowest BCUT2D eigenvalue weighted by molar-refractivity contribution is 0.105. The molecule has 0 saturated carbocycles. The van der Waals surface area contributed by atoms with Crippen LogP contribution in [0.1, 0.15) is 5.56 Å². The summed E-state index contributed by atoms with van der Waals surface area (Å²) in [6.45, 7) is 1.73. The summed E-state index contributed by atoms with van der Waals surface area (Å²) >= 11 is 0. The van der Waals surface area contributed by atoms with Crippen LogP contribution in [0.25, 0.3) is 0 Å². The molecule has 0 aromatic heterocycles. The van der Waals surface area contributed by atoms with Gasteiger partial charge in [-0.3, -0.25) is 4.72 Å². The Morgan fingerprint density at radius 1 is 1.39 bits per heavy atom. The molecule has 1 rings (SSSR count). The molecule has 0 aliphatic heterocycles. The highest BCUT2D eigenvalue weighted by atomic mass is 32.2. The molecule has 1 aromatic rings. The van der Waals surface area contributed by atoms with Gasteiger partial charge in [0.05, 0.1) is 24.7 Å². The third-order valence-electron chi connectivity index (χ3n) is 2.28. The van der Waals surface area contributed by atoms with Gasteiger partial charge in [0.25, 0.3) is 0 Å². The van der Waals surface area contributed by atoms with E-state index in [1.54, 1.807) is 18.2 Å². The number of nitrogens with one attached hydrogen (secondary N) is 2. The van der Waals surface area contributed by atoms with Crippen molar-refractivity contribution in [3.05, 3.63) is 23.8 Å². The van der Waals surface area contributed by atoms with E-state index in [1.807, 2.05) is 6.92 Å². The molecular formula is C11H18N2O4S. The number of aliphatic hydroxyl groups is 2. The number of anilines is 2. The minimum absolute atomic E-state index is 0.194. The summed E-state index contributed by atoms with van der Waals surface area (Å²) in [6, 6.07) is 5.06. The van der Waals surface area contributed by atoms with E-state index < -0.39 is 16.1 Å². The van der Waals surface area contributed by atoms with Crippen LogP contribution < -0.4 is 10.0 Å². The van der Waals surface area contributed by atoms with Crippen LogP contribution in [0, 0.1) is 6.92 Å². The lowest BCUT2D eigenvalue weighted by Crippen LogP contribution is -2.23. The van der Waals surface area contributed by atoms with Crippen LogP contribution in [-0.4, -0.2) is 44.1 Å². The van der Waals surface area contributed by atoms with Crippen LogP contribution in [0.5, 0.6) is 0 Å². The molecule has 0 fully saturated rings. The highest BCUT2D eigenvalue weighted by Gasteiger charge is 2.06. The normalized spacial score (nSPS) is 13.1. The molecule has 0 bridgehead atoms. The quantitative estimate of drug-likeness (QED) is 0.591. The Balaban J connectivity index is 2.81. The smallest absolute Gasteiger partial charge is 0.229 e. The zero-order valence-electron chi connectivity index (χ0n) is 10.3. The molecule has 4 N–H and O–H groups in total. The van der Waals surface area contributed by atoms with Gasteiger partial charge >= 0.3 is 0 Å². The number of rotatable bonds is 6. The lowest BCUT2D eigenvalue weighted by atomic mass is 10.2. The second kappa shape index (κ2) is 6.03. The van der Waals surface area contributed by atoms with Gasteiger partial charge in [0.2, 0.25) is 10.0 Å². The van der Waals surface area contributed by atoms with Gasteiger partial charge in [-0.2, -0.15) is 0 Å². The number of aliphatic hydroxyl groups excluding tert-OH is 2. The second-order valence-corrected chi connectivity index (χ2v) is 5.87.